The fourth-order valence-electron chi connectivity index (χ4n) is 1.02. The summed E-state index contributed by atoms with van der Waals surface area (Å²) in [6.07, 6.45) is 3.24. The Morgan fingerprint density at radius 1 is 1.43 bits per heavy atom. The summed E-state index contributed by atoms with van der Waals surface area (Å²) < 4.78 is 4.97. The number of methoxy groups -OCH3 is 1. The molecule has 0 aliphatic rings. The number of likely N-dealkylation sites (N-methyl/N-ethyl adjacent to an activating group) is 1. The fourth-order valence-corrected chi connectivity index (χ4v) is 1.12. The second kappa shape index (κ2) is 5.90. The molecule has 5 heteroatoms. The van der Waals surface area contributed by atoms with Crippen LogP contribution in [0.15, 0.2) is 12.4 Å². The molecule has 1 aromatic rings. The topological polar surface area (TPSA) is 38.2 Å². The molecule has 0 N–H and O–H groups in total. The lowest BCUT2D eigenvalue weighted by atomic mass is 10.4. The molecule has 0 saturated carbocycles. The van der Waals surface area contributed by atoms with Gasteiger partial charge in [-0.3, -0.25) is 9.88 Å². The van der Waals surface area contributed by atoms with E-state index in [2.05, 4.69) is 14.9 Å². The van der Waals surface area contributed by atoms with Gasteiger partial charge in [0.05, 0.1) is 24.7 Å². The summed E-state index contributed by atoms with van der Waals surface area (Å²) in [5.74, 6) is 0. The van der Waals surface area contributed by atoms with Gasteiger partial charge >= 0.3 is 0 Å². The van der Waals surface area contributed by atoms with Gasteiger partial charge in [0.1, 0.15) is 5.15 Å². The van der Waals surface area contributed by atoms with Crippen molar-refractivity contribution in [1.82, 2.24) is 14.9 Å². The first-order chi connectivity index (χ1) is 6.72. The van der Waals surface area contributed by atoms with Gasteiger partial charge in [-0.2, -0.15) is 0 Å². The van der Waals surface area contributed by atoms with Gasteiger partial charge in [-0.15, -0.1) is 0 Å². The van der Waals surface area contributed by atoms with E-state index in [1.165, 1.54) is 0 Å². The van der Waals surface area contributed by atoms with Crippen molar-refractivity contribution >= 4 is 11.6 Å². The van der Waals surface area contributed by atoms with Crippen molar-refractivity contribution in [1.29, 1.82) is 0 Å². The molecule has 0 bridgehead atoms. The second-order valence-electron chi connectivity index (χ2n) is 3.06. The monoisotopic (exact) mass is 215 g/mol. The van der Waals surface area contributed by atoms with Crippen LogP contribution in [0.3, 0.4) is 0 Å². The molecule has 0 aliphatic carbocycles. The number of halogens is 1. The molecular formula is C9H14ClN3O. The summed E-state index contributed by atoms with van der Waals surface area (Å²) in [5, 5.41) is 0.424. The van der Waals surface area contributed by atoms with Crippen LogP contribution in [0, 0.1) is 0 Å². The summed E-state index contributed by atoms with van der Waals surface area (Å²) in [6.45, 7) is 2.35. The van der Waals surface area contributed by atoms with Crippen LogP contribution >= 0.6 is 11.6 Å². The molecule has 0 unspecified atom stereocenters. The lowest BCUT2D eigenvalue weighted by molar-refractivity contribution is 0.158. The Kier molecular flexibility index (Phi) is 4.79. The summed E-state index contributed by atoms with van der Waals surface area (Å²) in [7, 11) is 3.70. The smallest absolute Gasteiger partial charge is 0.147 e. The Labute approximate surface area is 88.9 Å². The van der Waals surface area contributed by atoms with Crippen molar-refractivity contribution < 1.29 is 4.74 Å². The van der Waals surface area contributed by atoms with E-state index in [4.69, 9.17) is 16.3 Å². The highest BCUT2D eigenvalue weighted by molar-refractivity contribution is 6.29. The standard InChI is InChI=1S/C9H14ClN3O/c1-13(3-4-14-2)7-8-5-12-9(10)6-11-8/h5-6H,3-4,7H2,1-2H3. The van der Waals surface area contributed by atoms with E-state index < -0.39 is 0 Å². The Morgan fingerprint density at radius 2 is 2.21 bits per heavy atom. The molecule has 1 aromatic heterocycles. The number of aromatic nitrogens is 2. The van der Waals surface area contributed by atoms with Gasteiger partial charge in [-0.1, -0.05) is 11.6 Å². The van der Waals surface area contributed by atoms with E-state index >= 15 is 0 Å². The summed E-state index contributed by atoms with van der Waals surface area (Å²) in [4.78, 5) is 10.2. The minimum Gasteiger partial charge on any atom is -0.383 e. The summed E-state index contributed by atoms with van der Waals surface area (Å²) in [6, 6.07) is 0. The fraction of sp³-hybridized carbons (Fsp3) is 0.556. The Morgan fingerprint density at radius 3 is 2.79 bits per heavy atom. The summed E-state index contributed by atoms with van der Waals surface area (Å²) in [5.41, 5.74) is 0.910. The van der Waals surface area contributed by atoms with E-state index in [9.17, 15) is 0 Å². The molecule has 1 rings (SSSR count). The molecule has 0 aromatic carbocycles. The Balaban J connectivity index is 2.39. The highest BCUT2D eigenvalue weighted by atomic mass is 35.5. The molecule has 0 spiro atoms. The zero-order chi connectivity index (χ0) is 10.4. The van der Waals surface area contributed by atoms with Gasteiger partial charge in [0.15, 0.2) is 0 Å². The SMILES string of the molecule is COCCN(C)Cc1cnc(Cl)cn1. The van der Waals surface area contributed by atoms with E-state index in [1.807, 2.05) is 7.05 Å². The number of hydrogen-bond acceptors (Lipinski definition) is 4. The third kappa shape index (κ3) is 4.00. The molecule has 0 amide bonds. The molecular weight excluding hydrogens is 202 g/mol. The first kappa shape index (κ1) is 11.4. The molecule has 14 heavy (non-hydrogen) atoms. The van der Waals surface area contributed by atoms with E-state index in [1.54, 1.807) is 19.5 Å². The minimum absolute atomic E-state index is 0.424. The minimum atomic E-state index is 0.424. The average molecular weight is 216 g/mol. The van der Waals surface area contributed by atoms with Crippen molar-refractivity contribution in [3.8, 4) is 0 Å². The van der Waals surface area contributed by atoms with Crippen LogP contribution < -0.4 is 0 Å². The van der Waals surface area contributed by atoms with Gasteiger partial charge in [0, 0.05) is 20.2 Å². The molecule has 0 atom stereocenters. The normalized spacial score (nSPS) is 10.9. The van der Waals surface area contributed by atoms with Gasteiger partial charge in [0.2, 0.25) is 0 Å². The van der Waals surface area contributed by atoms with Crippen molar-refractivity contribution in [2.24, 2.45) is 0 Å². The Bertz CT molecular complexity index is 265. The molecule has 1 heterocycles. The summed E-state index contributed by atoms with van der Waals surface area (Å²) >= 11 is 5.62. The van der Waals surface area contributed by atoms with Crippen LogP contribution in [-0.4, -0.2) is 42.2 Å². The van der Waals surface area contributed by atoms with Crippen LogP contribution in [0.1, 0.15) is 5.69 Å². The van der Waals surface area contributed by atoms with Crippen molar-refractivity contribution in [3.05, 3.63) is 23.2 Å². The lowest BCUT2D eigenvalue weighted by Crippen LogP contribution is -2.22. The third-order valence-corrected chi connectivity index (χ3v) is 1.98. The molecule has 0 fully saturated rings. The van der Waals surface area contributed by atoms with Crippen LogP contribution in [-0.2, 0) is 11.3 Å². The zero-order valence-electron chi connectivity index (χ0n) is 8.40. The number of hydrogen-bond donors (Lipinski definition) is 0. The van der Waals surface area contributed by atoms with Gasteiger partial charge in [-0.05, 0) is 7.05 Å². The molecule has 4 nitrogen and oxygen atoms in total. The Hall–Kier alpha value is -0.710. The maximum Gasteiger partial charge on any atom is 0.147 e. The van der Waals surface area contributed by atoms with Crippen molar-refractivity contribution in [3.63, 3.8) is 0 Å². The van der Waals surface area contributed by atoms with Crippen LogP contribution in [0.2, 0.25) is 5.15 Å². The van der Waals surface area contributed by atoms with Crippen molar-refractivity contribution in [2.75, 3.05) is 27.3 Å². The maximum atomic E-state index is 5.62. The number of rotatable bonds is 5. The predicted octanol–water partition coefficient (Wildman–Crippen LogP) is 1.21. The van der Waals surface area contributed by atoms with Crippen LogP contribution in [0.5, 0.6) is 0 Å². The van der Waals surface area contributed by atoms with Crippen LogP contribution in [0.25, 0.3) is 0 Å². The van der Waals surface area contributed by atoms with E-state index in [-0.39, 0.29) is 0 Å². The molecule has 78 valence electrons. The molecule has 0 radical (unpaired) electrons. The van der Waals surface area contributed by atoms with Crippen molar-refractivity contribution in [2.45, 2.75) is 6.54 Å². The van der Waals surface area contributed by atoms with Gasteiger partial charge in [-0.25, -0.2) is 4.98 Å². The maximum absolute atomic E-state index is 5.62. The highest BCUT2D eigenvalue weighted by Gasteiger charge is 2.01. The quantitative estimate of drug-likeness (QED) is 0.740. The second-order valence-corrected chi connectivity index (χ2v) is 3.45. The first-order valence-electron chi connectivity index (χ1n) is 4.36. The predicted molar refractivity (Wildman–Crippen MR) is 55.3 cm³/mol. The van der Waals surface area contributed by atoms with E-state index in [0.29, 0.717) is 5.15 Å². The lowest BCUT2D eigenvalue weighted by Gasteiger charge is -2.14. The average Bonchev–Trinajstić information content (AvgIpc) is 2.18. The van der Waals surface area contributed by atoms with Gasteiger partial charge in [0.25, 0.3) is 0 Å². The van der Waals surface area contributed by atoms with Crippen LogP contribution in [0.4, 0.5) is 0 Å². The zero-order valence-corrected chi connectivity index (χ0v) is 9.16. The first-order valence-corrected chi connectivity index (χ1v) is 4.74. The van der Waals surface area contributed by atoms with Gasteiger partial charge < -0.3 is 4.74 Å². The molecule has 0 aliphatic heterocycles. The largest absolute Gasteiger partial charge is 0.383 e. The third-order valence-electron chi connectivity index (χ3n) is 1.78. The number of ether oxygens (including phenoxy) is 1. The highest BCUT2D eigenvalue weighted by Crippen LogP contribution is 2.02. The molecule has 0 saturated heterocycles. The van der Waals surface area contributed by atoms with E-state index in [0.717, 1.165) is 25.4 Å². The number of nitrogens with zero attached hydrogens (tertiary/aromatic N) is 3.